The number of amides is 2. The van der Waals surface area contributed by atoms with E-state index in [2.05, 4.69) is 5.32 Å². The van der Waals surface area contributed by atoms with Crippen molar-refractivity contribution in [3.8, 4) is 0 Å². The normalized spacial score (nSPS) is 14.9. The van der Waals surface area contributed by atoms with Gasteiger partial charge >= 0.3 is 0 Å². The number of carbonyl (C=O) groups is 2. The first-order valence-electron chi connectivity index (χ1n) is 11.9. The third-order valence-electron chi connectivity index (χ3n) is 6.46. The smallest absolute Gasteiger partial charge is 0.264 e. The molecule has 1 heterocycles. The zero-order chi connectivity index (χ0) is 25.8. The number of benzene rings is 2. The van der Waals surface area contributed by atoms with E-state index < -0.39 is 16.1 Å². The van der Waals surface area contributed by atoms with E-state index in [0.717, 1.165) is 37.9 Å². The van der Waals surface area contributed by atoms with Crippen LogP contribution in [-0.2, 0) is 26.0 Å². The lowest BCUT2D eigenvalue weighted by molar-refractivity contribution is -0.136. The number of sulfonamides is 1. The van der Waals surface area contributed by atoms with Crippen LogP contribution >= 0.6 is 11.6 Å². The monoisotopic (exact) mass is 519 g/mol. The summed E-state index contributed by atoms with van der Waals surface area (Å²) >= 11 is 6.16. The van der Waals surface area contributed by atoms with Gasteiger partial charge in [0.05, 0.1) is 10.6 Å². The molecule has 1 aliphatic rings. The summed E-state index contributed by atoms with van der Waals surface area (Å²) in [5, 5.41) is 3.31. The van der Waals surface area contributed by atoms with Gasteiger partial charge in [-0.2, -0.15) is 0 Å². The highest BCUT2D eigenvalue weighted by atomic mass is 35.5. The minimum atomic E-state index is -3.84. The van der Waals surface area contributed by atoms with Gasteiger partial charge in [0.2, 0.25) is 11.8 Å². The maximum Gasteiger partial charge on any atom is 0.264 e. The lowest BCUT2D eigenvalue weighted by atomic mass is 10.1. The quantitative estimate of drug-likeness (QED) is 0.565. The Labute approximate surface area is 213 Å². The van der Waals surface area contributed by atoms with E-state index in [9.17, 15) is 18.0 Å². The molecule has 190 valence electrons. The summed E-state index contributed by atoms with van der Waals surface area (Å²) in [4.78, 5) is 27.2. The average Bonchev–Trinajstić information content (AvgIpc) is 2.84. The van der Waals surface area contributed by atoms with Gasteiger partial charge < -0.3 is 10.2 Å². The SMILES string of the molecule is Cc1cc(S(=O)(=O)N(C)c2ccccc2CCC(=O)N[C@H](C)C(=O)N2CCCCC2)c(C)cc1Cl. The van der Waals surface area contributed by atoms with Crippen LogP contribution in [0.5, 0.6) is 0 Å². The molecule has 35 heavy (non-hydrogen) atoms. The molecule has 1 aliphatic heterocycles. The highest BCUT2D eigenvalue weighted by Gasteiger charge is 2.26. The molecule has 2 aromatic rings. The van der Waals surface area contributed by atoms with Crippen LogP contribution in [0.25, 0.3) is 0 Å². The molecule has 0 spiro atoms. The number of hydrogen-bond acceptors (Lipinski definition) is 4. The molecule has 7 nitrogen and oxygen atoms in total. The fourth-order valence-corrected chi connectivity index (χ4v) is 6.09. The molecule has 1 saturated heterocycles. The van der Waals surface area contributed by atoms with E-state index in [1.807, 2.05) is 17.0 Å². The molecule has 0 unspecified atom stereocenters. The first-order chi connectivity index (χ1) is 16.5. The molecule has 1 N–H and O–H groups in total. The Kier molecular flexibility index (Phi) is 8.83. The Morgan fingerprint density at radius 3 is 2.43 bits per heavy atom. The van der Waals surface area contributed by atoms with E-state index in [1.165, 1.54) is 11.4 Å². The molecule has 0 radical (unpaired) electrons. The van der Waals surface area contributed by atoms with Gasteiger partial charge in [-0.15, -0.1) is 0 Å². The predicted molar refractivity (Wildman–Crippen MR) is 139 cm³/mol. The van der Waals surface area contributed by atoms with Gasteiger partial charge in [-0.1, -0.05) is 29.8 Å². The summed E-state index contributed by atoms with van der Waals surface area (Å²) in [7, 11) is -2.33. The standard InChI is InChI=1S/C26H34ClN3O4S/c1-18-17-24(19(2)16-22(18)27)35(33,34)29(4)23-11-7-6-10-21(23)12-13-25(31)28-20(3)26(32)30-14-8-5-9-15-30/h6-7,10-11,16-17,20H,5,8-9,12-15H2,1-4H3,(H,28,31)/t20-/m1/s1. The third-order valence-corrected chi connectivity index (χ3v) is 8.78. The molecule has 1 atom stereocenters. The van der Waals surface area contributed by atoms with E-state index >= 15 is 0 Å². The number of halogens is 1. The zero-order valence-corrected chi connectivity index (χ0v) is 22.4. The lowest BCUT2D eigenvalue weighted by Gasteiger charge is -2.29. The molecule has 1 fully saturated rings. The second kappa shape index (κ2) is 11.4. The van der Waals surface area contributed by atoms with Gasteiger partial charge in [-0.05, 0) is 81.3 Å². The molecule has 0 saturated carbocycles. The summed E-state index contributed by atoms with van der Waals surface area (Å²) in [5.74, 6) is -0.301. The number of hydrogen-bond donors (Lipinski definition) is 1. The van der Waals surface area contributed by atoms with Crippen LogP contribution < -0.4 is 9.62 Å². The van der Waals surface area contributed by atoms with E-state index in [0.29, 0.717) is 28.3 Å². The first kappa shape index (κ1) is 27.0. The third kappa shape index (κ3) is 6.35. The topological polar surface area (TPSA) is 86.8 Å². The molecule has 9 heteroatoms. The first-order valence-corrected chi connectivity index (χ1v) is 13.8. The number of nitrogens with zero attached hydrogens (tertiary/aromatic N) is 2. The van der Waals surface area contributed by atoms with Crippen molar-refractivity contribution in [2.24, 2.45) is 0 Å². The van der Waals surface area contributed by atoms with Crippen molar-refractivity contribution in [2.45, 2.75) is 63.8 Å². The van der Waals surface area contributed by atoms with Gasteiger partial charge in [-0.25, -0.2) is 8.42 Å². The number of piperidine rings is 1. The maximum absolute atomic E-state index is 13.4. The highest BCUT2D eigenvalue weighted by Crippen LogP contribution is 2.30. The number of likely N-dealkylation sites (tertiary alicyclic amines) is 1. The van der Waals surface area contributed by atoms with Gasteiger partial charge in [0, 0.05) is 31.6 Å². The largest absolute Gasteiger partial charge is 0.345 e. The number of carbonyl (C=O) groups excluding carboxylic acids is 2. The van der Waals surface area contributed by atoms with Crippen molar-refractivity contribution in [2.75, 3.05) is 24.4 Å². The van der Waals surface area contributed by atoms with Crippen molar-refractivity contribution >= 4 is 39.1 Å². The van der Waals surface area contributed by atoms with Gasteiger partial charge in [0.15, 0.2) is 0 Å². The van der Waals surface area contributed by atoms with Crippen LogP contribution in [0, 0.1) is 13.8 Å². The fourth-order valence-electron chi connectivity index (χ4n) is 4.35. The van der Waals surface area contributed by atoms with Crippen LogP contribution in [0.4, 0.5) is 5.69 Å². The number of para-hydroxylation sites is 1. The van der Waals surface area contributed by atoms with E-state index in [-0.39, 0.29) is 23.1 Å². The molecular weight excluding hydrogens is 486 g/mol. The van der Waals surface area contributed by atoms with Gasteiger partial charge in [0.1, 0.15) is 6.04 Å². The summed E-state index contributed by atoms with van der Waals surface area (Å²) < 4.78 is 28.1. The number of aryl methyl sites for hydroxylation is 3. The molecule has 0 aromatic heterocycles. The molecular formula is C26H34ClN3O4S. The Morgan fingerprint density at radius 1 is 1.09 bits per heavy atom. The second-order valence-corrected chi connectivity index (χ2v) is 11.5. The summed E-state index contributed by atoms with van der Waals surface area (Å²) in [5.41, 5.74) is 2.48. The molecule has 2 aromatic carbocycles. The van der Waals surface area contributed by atoms with Gasteiger partial charge in [-0.3, -0.25) is 13.9 Å². The number of rotatable bonds is 8. The summed E-state index contributed by atoms with van der Waals surface area (Å²) in [6.07, 6.45) is 3.60. The Balaban J connectivity index is 1.70. The predicted octanol–water partition coefficient (Wildman–Crippen LogP) is 4.23. The van der Waals surface area contributed by atoms with Crippen molar-refractivity contribution in [1.29, 1.82) is 0 Å². The summed E-state index contributed by atoms with van der Waals surface area (Å²) in [6.45, 7) is 6.66. The Bertz CT molecular complexity index is 1190. The fraction of sp³-hybridized carbons (Fsp3) is 0.462. The van der Waals surface area contributed by atoms with Crippen molar-refractivity contribution < 1.29 is 18.0 Å². The van der Waals surface area contributed by atoms with Crippen LogP contribution in [0.2, 0.25) is 5.02 Å². The molecule has 2 amide bonds. The van der Waals surface area contributed by atoms with Crippen molar-refractivity contribution in [1.82, 2.24) is 10.2 Å². The van der Waals surface area contributed by atoms with Crippen LogP contribution in [-0.4, -0.2) is 51.3 Å². The highest BCUT2D eigenvalue weighted by molar-refractivity contribution is 7.92. The Hall–Kier alpha value is -2.58. The van der Waals surface area contributed by atoms with Crippen molar-refractivity contribution in [3.63, 3.8) is 0 Å². The minimum absolute atomic E-state index is 0.0575. The van der Waals surface area contributed by atoms with Gasteiger partial charge in [0.25, 0.3) is 10.0 Å². The van der Waals surface area contributed by atoms with E-state index in [1.54, 1.807) is 45.0 Å². The average molecular weight is 520 g/mol. The maximum atomic E-state index is 13.4. The summed E-state index contributed by atoms with van der Waals surface area (Å²) in [6, 6.07) is 9.78. The second-order valence-electron chi connectivity index (χ2n) is 9.14. The van der Waals surface area contributed by atoms with Crippen molar-refractivity contribution in [3.05, 3.63) is 58.1 Å². The molecule has 3 rings (SSSR count). The lowest BCUT2D eigenvalue weighted by Crippen LogP contribution is -2.48. The van der Waals surface area contributed by atoms with Crippen LogP contribution in [0.1, 0.15) is 49.3 Å². The number of anilines is 1. The van der Waals surface area contributed by atoms with Crippen LogP contribution in [0.3, 0.4) is 0 Å². The molecule has 0 aliphatic carbocycles. The minimum Gasteiger partial charge on any atom is -0.345 e. The number of nitrogens with one attached hydrogen (secondary N) is 1. The Morgan fingerprint density at radius 2 is 1.74 bits per heavy atom. The zero-order valence-electron chi connectivity index (χ0n) is 20.8. The van der Waals surface area contributed by atoms with E-state index in [4.69, 9.17) is 11.6 Å². The molecule has 0 bridgehead atoms. The van der Waals surface area contributed by atoms with Crippen LogP contribution in [0.15, 0.2) is 41.3 Å².